The average Bonchev–Trinajstić information content (AvgIpc) is 2.62. The monoisotopic (exact) mass is 265 g/mol. The minimum Gasteiger partial charge on any atom is -0.339 e. The van der Waals surface area contributed by atoms with Crippen molar-refractivity contribution in [1.29, 1.82) is 0 Å². The molecule has 0 radical (unpaired) electrons. The normalized spacial score (nSPS) is 13.8. The number of nitrogens with zero attached hydrogens (tertiary/aromatic N) is 2. The van der Waals surface area contributed by atoms with Crippen LogP contribution in [0, 0.1) is 6.92 Å². The second-order valence-corrected chi connectivity index (χ2v) is 4.35. The van der Waals surface area contributed by atoms with Gasteiger partial charge in [0, 0.05) is 25.4 Å². The van der Waals surface area contributed by atoms with Crippen molar-refractivity contribution in [1.82, 2.24) is 15.5 Å². The summed E-state index contributed by atoms with van der Waals surface area (Å²) in [6.07, 6.45) is -3.53. The molecule has 0 aromatic carbocycles. The highest BCUT2D eigenvalue weighted by Crippen LogP contribution is 2.22. The minimum atomic E-state index is -4.05. The van der Waals surface area contributed by atoms with Gasteiger partial charge in [-0.1, -0.05) is 5.16 Å². The molecule has 1 aromatic rings. The maximum absolute atomic E-state index is 11.9. The second-order valence-electron chi connectivity index (χ2n) is 4.35. The van der Waals surface area contributed by atoms with Crippen LogP contribution in [0.2, 0.25) is 0 Å². The zero-order valence-electron chi connectivity index (χ0n) is 10.5. The van der Waals surface area contributed by atoms with Gasteiger partial charge in [-0.05, 0) is 26.7 Å². The van der Waals surface area contributed by atoms with Crippen molar-refractivity contribution in [2.75, 3.05) is 6.54 Å². The quantitative estimate of drug-likeness (QED) is 0.823. The molecule has 0 saturated heterocycles. The number of aromatic nitrogens is 2. The van der Waals surface area contributed by atoms with Gasteiger partial charge in [0.2, 0.25) is 5.89 Å². The van der Waals surface area contributed by atoms with Crippen LogP contribution < -0.4 is 5.32 Å². The van der Waals surface area contributed by atoms with Gasteiger partial charge in [0.15, 0.2) is 5.82 Å². The van der Waals surface area contributed by atoms with Crippen molar-refractivity contribution < 1.29 is 17.7 Å². The highest BCUT2D eigenvalue weighted by Gasteiger charge is 2.26. The third kappa shape index (κ3) is 6.58. The molecule has 1 heterocycles. The molecule has 0 aliphatic carbocycles. The van der Waals surface area contributed by atoms with Gasteiger partial charge in [-0.3, -0.25) is 0 Å². The molecular weight excluding hydrogens is 247 g/mol. The molecule has 18 heavy (non-hydrogen) atoms. The number of aryl methyl sites for hydroxylation is 1. The Hall–Kier alpha value is -1.11. The Morgan fingerprint density at radius 2 is 2.11 bits per heavy atom. The van der Waals surface area contributed by atoms with Crippen LogP contribution in [-0.4, -0.2) is 28.9 Å². The zero-order valence-corrected chi connectivity index (χ0v) is 10.5. The maximum atomic E-state index is 11.9. The number of alkyl halides is 3. The first kappa shape index (κ1) is 14.9. The Labute approximate surface area is 104 Å². The van der Waals surface area contributed by atoms with Gasteiger partial charge in [-0.2, -0.15) is 18.2 Å². The molecule has 1 rings (SSSR count). The van der Waals surface area contributed by atoms with Crippen LogP contribution in [0.15, 0.2) is 4.52 Å². The Morgan fingerprint density at radius 1 is 1.39 bits per heavy atom. The van der Waals surface area contributed by atoms with Gasteiger partial charge in [0.25, 0.3) is 0 Å². The first-order valence-corrected chi connectivity index (χ1v) is 5.96. The van der Waals surface area contributed by atoms with Crippen LogP contribution in [0.4, 0.5) is 13.2 Å². The first-order chi connectivity index (χ1) is 8.37. The van der Waals surface area contributed by atoms with E-state index in [0.29, 0.717) is 31.1 Å². The standard InChI is InChI=1S/C11H18F3N3O/c1-8(4-3-6-11(12,13)14)15-7-5-10-16-9(2)17-18-10/h8,15H,3-7H2,1-2H3. The van der Waals surface area contributed by atoms with Crippen molar-refractivity contribution >= 4 is 0 Å². The molecule has 0 saturated carbocycles. The highest BCUT2D eigenvalue weighted by atomic mass is 19.4. The van der Waals surface area contributed by atoms with Crippen molar-refractivity contribution in [2.24, 2.45) is 0 Å². The molecule has 0 spiro atoms. The van der Waals surface area contributed by atoms with Crippen LogP contribution in [0.25, 0.3) is 0 Å². The minimum absolute atomic E-state index is 0.0522. The van der Waals surface area contributed by atoms with Crippen molar-refractivity contribution in [3.63, 3.8) is 0 Å². The van der Waals surface area contributed by atoms with Gasteiger partial charge in [-0.25, -0.2) is 0 Å². The SMILES string of the molecule is Cc1noc(CCNC(C)CCCC(F)(F)F)n1. The van der Waals surface area contributed by atoms with Crippen LogP contribution >= 0.6 is 0 Å². The molecule has 4 nitrogen and oxygen atoms in total. The summed E-state index contributed by atoms with van der Waals surface area (Å²) in [5.74, 6) is 1.13. The summed E-state index contributed by atoms with van der Waals surface area (Å²) in [5.41, 5.74) is 0. The molecule has 0 aliphatic heterocycles. The van der Waals surface area contributed by atoms with E-state index >= 15 is 0 Å². The zero-order chi connectivity index (χ0) is 13.6. The summed E-state index contributed by atoms with van der Waals surface area (Å²) in [6.45, 7) is 4.23. The maximum Gasteiger partial charge on any atom is 0.389 e. The third-order valence-electron chi connectivity index (χ3n) is 2.50. The van der Waals surface area contributed by atoms with Gasteiger partial charge < -0.3 is 9.84 Å². The Balaban J connectivity index is 2.08. The molecule has 0 bridgehead atoms. The van der Waals surface area contributed by atoms with E-state index in [1.807, 2.05) is 6.92 Å². The number of hydrogen-bond donors (Lipinski definition) is 1. The third-order valence-corrected chi connectivity index (χ3v) is 2.50. The highest BCUT2D eigenvalue weighted by molar-refractivity contribution is 4.83. The molecule has 104 valence electrons. The van der Waals surface area contributed by atoms with Gasteiger partial charge in [0.1, 0.15) is 0 Å². The number of halogens is 3. The van der Waals surface area contributed by atoms with E-state index in [4.69, 9.17) is 4.52 Å². The van der Waals surface area contributed by atoms with Crippen LogP contribution in [-0.2, 0) is 6.42 Å². The predicted molar refractivity (Wildman–Crippen MR) is 60.1 cm³/mol. The molecule has 1 aromatic heterocycles. The molecule has 1 N–H and O–H groups in total. The van der Waals surface area contributed by atoms with Crippen molar-refractivity contribution in [3.05, 3.63) is 11.7 Å². The van der Waals surface area contributed by atoms with E-state index < -0.39 is 12.6 Å². The average molecular weight is 265 g/mol. The summed E-state index contributed by atoms with van der Waals surface area (Å²) < 4.78 is 40.7. The smallest absolute Gasteiger partial charge is 0.339 e. The second kappa shape index (κ2) is 6.72. The molecule has 0 amide bonds. The molecule has 0 aliphatic rings. The lowest BCUT2D eigenvalue weighted by molar-refractivity contribution is -0.135. The molecule has 1 unspecified atom stereocenters. The van der Waals surface area contributed by atoms with E-state index in [2.05, 4.69) is 15.5 Å². The van der Waals surface area contributed by atoms with Crippen LogP contribution in [0.3, 0.4) is 0 Å². The summed E-state index contributed by atoms with van der Waals surface area (Å²) in [6, 6.07) is 0.0522. The largest absolute Gasteiger partial charge is 0.389 e. The molecule has 0 fully saturated rings. The first-order valence-electron chi connectivity index (χ1n) is 5.96. The lowest BCUT2D eigenvalue weighted by atomic mass is 10.1. The molecular formula is C11H18F3N3O. The number of rotatable bonds is 7. The number of hydrogen-bond acceptors (Lipinski definition) is 4. The summed E-state index contributed by atoms with van der Waals surface area (Å²) in [5, 5.41) is 6.78. The Kier molecular flexibility index (Phi) is 5.58. The Morgan fingerprint density at radius 3 is 2.67 bits per heavy atom. The fourth-order valence-corrected chi connectivity index (χ4v) is 1.58. The van der Waals surface area contributed by atoms with Crippen molar-refractivity contribution in [3.8, 4) is 0 Å². The van der Waals surface area contributed by atoms with E-state index in [9.17, 15) is 13.2 Å². The molecule has 1 atom stereocenters. The van der Waals surface area contributed by atoms with Gasteiger partial charge in [0.05, 0.1) is 0 Å². The van der Waals surface area contributed by atoms with Gasteiger partial charge in [-0.15, -0.1) is 0 Å². The lowest BCUT2D eigenvalue weighted by Crippen LogP contribution is -2.28. The topological polar surface area (TPSA) is 51.0 Å². The summed E-state index contributed by atoms with van der Waals surface area (Å²) in [7, 11) is 0. The van der Waals surface area contributed by atoms with E-state index in [1.54, 1.807) is 6.92 Å². The van der Waals surface area contributed by atoms with E-state index in [1.165, 1.54) is 0 Å². The lowest BCUT2D eigenvalue weighted by Gasteiger charge is -2.13. The van der Waals surface area contributed by atoms with Gasteiger partial charge >= 0.3 is 6.18 Å². The fourth-order valence-electron chi connectivity index (χ4n) is 1.58. The van der Waals surface area contributed by atoms with Crippen LogP contribution in [0.5, 0.6) is 0 Å². The number of nitrogens with one attached hydrogen (secondary N) is 1. The fraction of sp³-hybridized carbons (Fsp3) is 0.818. The molecule has 7 heteroatoms. The predicted octanol–water partition coefficient (Wildman–Crippen LogP) is 2.63. The van der Waals surface area contributed by atoms with E-state index in [0.717, 1.165) is 0 Å². The van der Waals surface area contributed by atoms with Crippen molar-refractivity contribution in [2.45, 2.75) is 51.7 Å². The van der Waals surface area contributed by atoms with Crippen LogP contribution in [0.1, 0.15) is 37.9 Å². The van der Waals surface area contributed by atoms with E-state index in [-0.39, 0.29) is 12.5 Å². The summed E-state index contributed by atoms with van der Waals surface area (Å²) in [4.78, 5) is 4.04. The Bertz CT molecular complexity index is 352. The summed E-state index contributed by atoms with van der Waals surface area (Å²) >= 11 is 0.